The molecule has 36 heavy (non-hydrogen) atoms. The third kappa shape index (κ3) is 3.77. The fourth-order valence-corrected chi connectivity index (χ4v) is 4.94. The average molecular weight is 500 g/mol. The second-order valence-electron chi connectivity index (χ2n) is 8.18. The molecule has 0 fully saturated rings. The lowest BCUT2D eigenvalue weighted by Gasteiger charge is -2.18. The van der Waals surface area contributed by atoms with Crippen molar-refractivity contribution in [2.24, 2.45) is 10.1 Å². The van der Waals surface area contributed by atoms with E-state index in [1.54, 1.807) is 40.9 Å². The number of carbonyl (C=O) groups is 2. The van der Waals surface area contributed by atoms with Gasteiger partial charge in [0.1, 0.15) is 11.6 Å². The van der Waals surface area contributed by atoms with Gasteiger partial charge in [-0.15, -0.1) is 11.3 Å². The number of carbonyl (C=O) groups excluding carboxylic acids is 2. The maximum absolute atomic E-state index is 13.4. The molecule has 3 aromatic carbocycles. The van der Waals surface area contributed by atoms with E-state index in [2.05, 4.69) is 10.3 Å². The van der Waals surface area contributed by atoms with E-state index in [9.17, 15) is 14.0 Å². The van der Waals surface area contributed by atoms with Gasteiger partial charge in [-0.3, -0.25) is 9.59 Å². The maximum Gasteiger partial charge on any atom is 0.279 e. The van der Waals surface area contributed by atoms with Crippen molar-refractivity contribution >= 4 is 45.9 Å². The number of benzene rings is 3. The fraction of sp³-hybridized carbons (Fsp3) is 0.0769. The highest BCUT2D eigenvalue weighted by Crippen LogP contribution is 2.34. The molecule has 4 aromatic rings. The summed E-state index contributed by atoms with van der Waals surface area (Å²) in [7, 11) is 1.71. The number of fused-ring (bicyclic) bond motifs is 2. The summed E-state index contributed by atoms with van der Waals surface area (Å²) in [6.07, 6.45) is 0. The molecule has 0 bridgehead atoms. The van der Waals surface area contributed by atoms with Gasteiger partial charge >= 0.3 is 0 Å². The molecule has 1 N–H and O–H groups in total. The highest BCUT2D eigenvalue weighted by molar-refractivity contribution is 7.07. The first-order valence-corrected chi connectivity index (χ1v) is 11.9. The summed E-state index contributed by atoms with van der Waals surface area (Å²) in [5.41, 5.74) is 4.26. The van der Waals surface area contributed by atoms with Crippen molar-refractivity contribution in [1.29, 1.82) is 0 Å². The standard InChI is InChI=1S/C26H18FN5O3S/c1-31-20-5-3-2-4-18(20)24(25(31)34)30-32-21(14-36-26(32)28-17-9-7-16(27)8-10-17)15-6-11-22-19(12-15)29-23(33)13-35-22/h2-12,14H,13H2,1H3,(H,29,33). The Morgan fingerprint density at radius 1 is 1.06 bits per heavy atom. The van der Waals surface area contributed by atoms with Crippen LogP contribution >= 0.6 is 11.3 Å². The zero-order valence-electron chi connectivity index (χ0n) is 18.9. The van der Waals surface area contributed by atoms with Crippen molar-refractivity contribution < 1.29 is 18.7 Å². The second-order valence-corrected chi connectivity index (χ2v) is 9.02. The number of thiazole rings is 1. The Morgan fingerprint density at radius 2 is 1.86 bits per heavy atom. The lowest BCUT2D eigenvalue weighted by Crippen LogP contribution is -2.27. The summed E-state index contributed by atoms with van der Waals surface area (Å²) in [5, 5.41) is 9.46. The third-order valence-corrected chi connectivity index (χ3v) is 6.69. The molecule has 2 aliphatic rings. The van der Waals surface area contributed by atoms with Crippen LogP contribution in [-0.4, -0.2) is 35.9 Å². The van der Waals surface area contributed by atoms with Gasteiger partial charge in [-0.25, -0.2) is 14.1 Å². The Labute approximate surface area is 208 Å². The molecule has 1 aromatic heterocycles. The normalized spacial score (nSPS) is 16.1. The topological polar surface area (TPSA) is 88.3 Å². The number of nitrogens with zero attached hydrogens (tertiary/aromatic N) is 4. The highest BCUT2D eigenvalue weighted by Gasteiger charge is 2.31. The number of anilines is 2. The van der Waals surface area contributed by atoms with Crippen LogP contribution in [0.25, 0.3) is 11.3 Å². The van der Waals surface area contributed by atoms with Crippen LogP contribution in [0.2, 0.25) is 0 Å². The Bertz CT molecular complexity index is 1640. The molecule has 6 rings (SSSR count). The first kappa shape index (κ1) is 21.9. The molecule has 0 saturated carbocycles. The van der Waals surface area contributed by atoms with E-state index >= 15 is 0 Å². The van der Waals surface area contributed by atoms with Gasteiger partial charge in [0.25, 0.3) is 11.8 Å². The largest absolute Gasteiger partial charge is 0.482 e. The average Bonchev–Trinajstić information content (AvgIpc) is 3.39. The van der Waals surface area contributed by atoms with Crippen molar-refractivity contribution in [3.63, 3.8) is 0 Å². The Balaban J connectivity index is 1.55. The molecule has 0 spiro atoms. The molecule has 178 valence electrons. The number of para-hydroxylation sites is 1. The van der Waals surface area contributed by atoms with E-state index in [1.807, 2.05) is 35.7 Å². The van der Waals surface area contributed by atoms with Crippen LogP contribution < -0.4 is 19.8 Å². The second kappa shape index (κ2) is 8.58. The van der Waals surface area contributed by atoms with Gasteiger partial charge in [-0.2, -0.15) is 5.10 Å². The zero-order chi connectivity index (χ0) is 24.8. The molecule has 2 aliphatic heterocycles. The molecule has 0 atom stereocenters. The summed E-state index contributed by atoms with van der Waals surface area (Å²) in [6.45, 7) is -0.0335. The summed E-state index contributed by atoms with van der Waals surface area (Å²) in [6, 6.07) is 18.7. The van der Waals surface area contributed by atoms with Crippen LogP contribution in [-0.2, 0) is 9.59 Å². The van der Waals surface area contributed by atoms with E-state index in [0.717, 1.165) is 11.3 Å². The van der Waals surface area contributed by atoms with E-state index in [1.165, 1.54) is 23.5 Å². The zero-order valence-corrected chi connectivity index (χ0v) is 19.8. The van der Waals surface area contributed by atoms with Crippen molar-refractivity contribution in [1.82, 2.24) is 4.68 Å². The molecule has 0 aliphatic carbocycles. The maximum atomic E-state index is 13.4. The van der Waals surface area contributed by atoms with E-state index in [4.69, 9.17) is 9.84 Å². The number of ether oxygens (including phenoxy) is 1. The molecular weight excluding hydrogens is 481 g/mol. The lowest BCUT2D eigenvalue weighted by atomic mass is 10.1. The summed E-state index contributed by atoms with van der Waals surface area (Å²) in [5.74, 6) is -0.256. The highest BCUT2D eigenvalue weighted by atomic mass is 32.1. The van der Waals surface area contributed by atoms with E-state index < -0.39 is 0 Å². The number of aromatic nitrogens is 1. The number of rotatable bonds is 3. The van der Waals surface area contributed by atoms with Crippen LogP contribution in [0, 0.1) is 5.82 Å². The predicted octanol–water partition coefficient (Wildman–Crippen LogP) is 4.15. The van der Waals surface area contributed by atoms with Gasteiger partial charge in [0, 0.05) is 23.6 Å². The van der Waals surface area contributed by atoms with Crippen LogP contribution in [0.3, 0.4) is 0 Å². The van der Waals surface area contributed by atoms with Crippen molar-refractivity contribution in [2.45, 2.75) is 0 Å². The third-order valence-electron chi connectivity index (χ3n) is 5.87. The van der Waals surface area contributed by atoms with Gasteiger partial charge in [-0.1, -0.05) is 18.2 Å². The number of nitrogens with one attached hydrogen (secondary N) is 1. The molecule has 8 nitrogen and oxygen atoms in total. The van der Waals surface area contributed by atoms with Crippen LogP contribution in [0.1, 0.15) is 5.56 Å². The minimum absolute atomic E-state index is 0.0335. The van der Waals surface area contributed by atoms with Gasteiger partial charge < -0.3 is 15.0 Å². The summed E-state index contributed by atoms with van der Waals surface area (Å²) >= 11 is 1.33. The van der Waals surface area contributed by atoms with Crippen LogP contribution in [0.4, 0.5) is 21.5 Å². The Kier molecular flexibility index (Phi) is 5.23. The minimum atomic E-state index is -0.358. The predicted molar refractivity (Wildman–Crippen MR) is 135 cm³/mol. The summed E-state index contributed by atoms with van der Waals surface area (Å²) < 4.78 is 20.5. The molecule has 0 radical (unpaired) electrons. The molecule has 0 unspecified atom stereocenters. The van der Waals surface area contributed by atoms with E-state index in [-0.39, 0.29) is 30.0 Å². The van der Waals surface area contributed by atoms with Gasteiger partial charge in [0.2, 0.25) is 4.80 Å². The first-order valence-electron chi connectivity index (χ1n) is 11.0. The molecule has 3 heterocycles. The van der Waals surface area contributed by atoms with Gasteiger partial charge in [0.05, 0.1) is 22.8 Å². The van der Waals surface area contributed by atoms with Crippen LogP contribution in [0.5, 0.6) is 5.75 Å². The monoisotopic (exact) mass is 499 g/mol. The molecule has 0 saturated heterocycles. The van der Waals surface area contributed by atoms with Gasteiger partial charge in [-0.05, 0) is 48.5 Å². The van der Waals surface area contributed by atoms with Crippen LogP contribution in [0.15, 0.2) is 82.2 Å². The van der Waals surface area contributed by atoms with Crippen molar-refractivity contribution in [3.8, 4) is 17.0 Å². The number of hydrogen-bond acceptors (Lipinski definition) is 6. The Morgan fingerprint density at radius 3 is 2.69 bits per heavy atom. The number of likely N-dealkylation sites (N-methyl/N-ethyl adjacent to an activating group) is 1. The first-order chi connectivity index (χ1) is 17.5. The molecule has 10 heteroatoms. The fourth-order valence-electron chi connectivity index (χ4n) is 4.09. The lowest BCUT2D eigenvalue weighted by molar-refractivity contribution is -0.118. The SMILES string of the molecule is CN1C(=O)C(=Nn2c(-c3ccc4c(c3)NC(=O)CO4)csc2=Nc2ccc(F)cc2)c2ccccc21. The Hall–Kier alpha value is -4.57. The number of hydrogen-bond donors (Lipinski definition) is 1. The number of halogens is 1. The molecular formula is C26H18FN5O3S. The quantitative estimate of drug-likeness (QED) is 0.459. The summed E-state index contributed by atoms with van der Waals surface area (Å²) in [4.78, 5) is 31.7. The molecule has 2 amide bonds. The smallest absolute Gasteiger partial charge is 0.279 e. The van der Waals surface area contributed by atoms with E-state index in [0.29, 0.717) is 33.2 Å². The number of amides is 2. The minimum Gasteiger partial charge on any atom is -0.482 e. The van der Waals surface area contributed by atoms with Gasteiger partial charge in [0.15, 0.2) is 12.3 Å². The van der Waals surface area contributed by atoms with Crippen molar-refractivity contribution in [2.75, 3.05) is 23.9 Å². The van der Waals surface area contributed by atoms with Crippen molar-refractivity contribution in [3.05, 3.63) is 88.3 Å².